The number of nitrogens with one attached hydrogen (secondary N) is 1. The molecule has 0 radical (unpaired) electrons. The average molecular weight is 259 g/mol. The van der Waals surface area contributed by atoms with Gasteiger partial charge in [-0.25, -0.2) is 0 Å². The highest BCUT2D eigenvalue weighted by Gasteiger charge is 2.32. The van der Waals surface area contributed by atoms with Crippen molar-refractivity contribution in [3.05, 3.63) is 41.7 Å². The lowest BCUT2D eigenvalue weighted by Crippen LogP contribution is -2.23. The molecule has 1 aromatic carbocycles. The Morgan fingerprint density at radius 3 is 2.47 bits per heavy atom. The first-order chi connectivity index (χ1) is 9.24. The summed E-state index contributed by atoms with van der Waals surface area (Å²) in [4.78, 5) is 23.5. The van der Waals surface area contributed by atoms with Crippen molar-refractivity contribution in [2.24, 2.45) is 0 Å². The normalized spacial score (nSPS) is 14.8. The zero-order valence-electron chi connectivity index (χ0n) is 10.9. The van der Waals surface area contributed by atoms with E-state index in [1.54, 1.807) is 12.1 Å². The Morgan fingerprint density at radius 1 is 1.05 bits per heavy atom. The number of amides is 2. The molecule has 4 nitrogen and oxygen atoms in total. The molecular formula is C15H17NO3. The highest BCUT2D eigenvalue weighted by atomic mass is 16.5. The number of hydrogen-bond acceptors (Lipinski definition) is 3. The minimum atomic E-state index is -0.444. The lowest BCUT2D eigenvalue weighted by molar-refractivity contribution is -0.125. The fourth-order valence-corrected chi connectivity index (χ4v) is 1.97. The van der Waals surface area contributed by atoms with Crippen LogP contribution < -0.4 is 5.32 Å². The van der Waals surface area contributed by atoms with Crippen molar-refractivity contribution >= 4 is 17.4 Å². The van der Waals surface area contributed by atoms with Gasteiger partial charge >= 0.3 is 0 Å². The summed E-state index contributed by atoms with van der Waals surface area (Å²) in [7, 11) is 0. The van der Waals surface area contributed by atoms with Crippen LogP contribution in [0.4, 0.5) is 0 Å². The Labute approximate surface area is 112 Å². The SMILES string of the molecule is CCCCCOC1=C(c2ccccc2)C(=O)NC1=O. The molecule has 1 aliphatic heterocycles. The molecule has 0 atom stereocenters. The molecule has 19 heavy (non-hydrogen) atoms. The van der Waals surface area contributed by atoms with Crippen LogP contribution >= 0.6 is 0 Å². The van der Waals surface area contributed by atoms with Crippen molar-refractivity contribution < 1.29 is 14.3 Å². The van der Waals surface area contributed by atoms with Crippen molar-refractivity contribution in [1.29, 1.82) is 0 Å². The summed E-state index contributed by atoms with van der Waals surface area (Å²) in [5, 5.41) is 2.28. The van der Waals surface area contributed by atoms with E-state index >= 15 is 0 Å². The molecule has 1 N–H and O–H groups in total. The average Bonchev–Trinajstić information content (AvgIpc) is 2.70. The summed E-state index contributed by atoms with van der Waals surface area (Å²) in [5.74, 6) is -0.686. The number of hydrogen-bond donors (Lipinski definition) is 1. The molecule has 0 spiro atoms. The van der Waals surface area contributed by atoms with Gasteiger partial charge in [0.25, 0.3) is 11.8 Å². The van der Waals surface area contributed by atoms with Crippen LogP contribution in [-0.4, -0.2) is 18.4 Å². The fourth-order valence-electron chi connectivity index (χ4n) is 1.97. The van der Waals surface area contributed by atoms with Gasteiger partial charge in [0, 0.05) is 0 Å². The highest BCUT2D eigenvalue weighted by Crippen LogP contribution is 2.24. The molecule has 1 aliphatic rings. The standard InChI is InChI=1S/C15H17NO3/c1-2-3-7-10-19-13-12(14(17)16-15(13)18)11-8-5-4-6-9-11/h4-6,8-9H,2-3,7,10H2,1H3,(H,16,17,18). The summed E-state index contributed by atoms with van der Waals surface area (Å²) in [6.45, 7) is 2.56. The first-order valence-corrected chi connectivity index (χ1v) is 6.52. The number of benzene rings is 1. The lowest BCUT2D eigenvalue weighted by Gasteiger charge is -2.06. The van der Waals surface area contributed by atoms with E-state index in [0.717, 1.165) is 19.3 Å². The Bertz CT molecular complexity index is 505. The maximum Gasteiger partial charge on any atom is 0.294 e. The van der Waals surface area contributed by atoms with Crippen molar-refractivity contribution in [2.45, 2.75) is 26.2 Å². The van der Waals surface area contributed by atoms with Gasteiger partial charge in [0.15, 0.2) is 5.76 Å². The fraction of sp³-hybridized carbons (Fsp3) is 0.333. The molecule has 0 aromatic heterocycles. The van der Waals surface area contributed by atoms with E-state index < -0.39 is 5.91 Å². The molecule has 0 aliphatic carbocycles. The lowest BCUT2D eigenvalue weighted by atomic mass is 10.1. The molecule has 2 amide bonds. The maximum atomic E-state index is 11.8. The highest BCUT2D eigenvalue weighted by molar-refractivity contribution is 6.35. The van der Waals surface area contributed by atoms with Crippen LogP contribution in [0.1, 0.15) is 31.7 Å². The third-order valence-corrected chi connectivity index (χ3v) is 2.94. The van der Waals surface area contributed by atoms with Gasteiger partial charge in [0.1, 0.15) is 0 Å². The predicted molar refractivity (Wildman–Crippen MR) is 72.0 cm³/mol. The van der Waals surface area contributed by atoms with Crippen molar-refractivity contribution in [3.8, 4) is 0 Å². The summed E-state index contributed by atoms with van der Waals surface area (Å²) in [6.07, 6.45) is 3.01. The van der Waals surface area contributed by atoms with Crippen LogP contribution in [0.15, 0.2) is 36.1 Å². The summed E-state index contributed by atoms with van der Waals surface area (Å²) < 4.78 is 5.50. The van der Waals surface area contributed by atoms with E-state index in [1.807, 2.05) is 18.2 Å². The van der Waals surface area contributed by atoms with Crippen molar-refractivity contribution in [3.63, 3.8) is 0 Å². The third kappa shape index (κ3) is 3.02. The largest absolute Gasteiger partial charge is 0.487 e. The Morgan fingerprint density at radius 2 is 1.79 bits per heavy atom. The van der Waals surface area contributed by atoms with Gasteiger partial charge in [-0.3, -0.25) is 14.9 Å². The van der Waals surface area contributed by atoms with Gasteiger partial charge in [0.05, 0.1) is 12.2 Å². The molecule has 0 saturated heterocycles. The molecule has 2 rings (SSSR count). The Balaban J connectivity index is 2.20. The Kier molecular flexibility index (Phi) is 4.34. The summed E-state index contributed by atoms with van der Waals surface area (Å²) in [5.41, 5.74) is 1.04. The molecule has 1 heterocycles. The van der Waals surface area contributed by atoms with Crippen LogP contribution in [0.25, 0.3) is 5.57 Å². The van der Waals surface area contributed by atoms with Crippen LogP contribution in [0.2, 0.25) is 0 Å². The molecule has 0 unspecified atom stereocenters. The quantitative estimate of drug-likeness (QED) is 0.629. The third-order valence-electron chi connectivity index (χ3n) is 2.94. The molecule has 1 aromatic rings. The van der Waals surface area contributed by atoms with E-state index in [-0.39, 0.29) is 11.7 Å². The smallest absolute Gasteiger partial charge is 0.294 e. The van der Waals surface area contributed by atoms with Gasteiger partial charge in [-0.15, -0.1) is 0 Å². The Hall–Kier alpha value is -2.10. The van der Waals surface area contributed by atoms with Crippen LogP contribution in [0.5, 0.6) is 0 Å². The molecular weight excluding hydrogens is 242 g/mol. The molecule has 0 bridgehead atoms. The van der Waals surface area contributed by atoms with E-state index in [0.29, 0.717) is 17.7 Å². The number of imide groups is 1. The van der Waals surface area contributed by atoms with Gasteiger partial charge < -0.3 is 4.74 Å². The summed E-state index contributed by atoms with van der Waals surface area (Å²) in [6, 6.07) is 9.10. The minimum Gasteiger partial charge on any atom is -0.487 e. The number of ether oxygens (including phenoxy) is 1. The van der Waals surface area contributed by atoms with Gasteiger partial charge in [-0.1, -0.05) is 50.1 Å². The van der Waals surface area contributed by atoms with E-state index in [2.05, 4.69) is 12.2 Å². The zero-order valence-corrected chi connectivity index (χ0v) is 10.9. The second kappa shape index (κ2) is 6.18. The van der Waals surface area contributed by atoms with Crippen LogP contribution in [-0.2, 0) is 14.3 Å². The zero-order chi connectivity index (χ0) is 13.7. The predicted octanol–water partition coefficient (Wildman–Crippen LogP) is 2.26. The maximum absolute atomic E-state index is 11.8. The van der Waals surface area contributed by atoms with Crippen LogP contribution in [0, 0.1) is 0 Å². The molecule has 100 valence electrons. The molecule has 0 saturated carbocycles. The molecule has 4 heteroatoms. The first kappa shape index (κ1) is 13.3. The first-order valence-electron chi connectivity index (χ1n) is 6.52. The van der Waals surface area contributed by atoms with E-state index in [9.17, 15) is 9.59 Å². The second-order valence-electron chi connectivity index (χ2n) is 4.41. The molecule has 0 fully saturated rings. The van der Waals surface area contributed by atoms with Gasteiger partial charge in [-0.2, -0.15) is 0 Å². The topological polar surface area (TPSA) is 55.4 Å². The van der Waals surface area contributed by atoms with Gasteiger partial charge in [0.2, 0.25) is 0 Å². The summed E-state index contributed by atoms with van der Waals surface area (Å²) >= 11 is 0. The van der Waals surface area contributed by atoms with E-state index in [1.165, 1.54) is 0 Å². The van der Waals surface area contributed by atoms with Crippen molar-refractivity contribution in [1.82, 2.24) is 5.32 Å². The number of unbranched alkanes of at least 4 members (excludes halogenated alkanes) is 2. The second-order valence-corrected chi connectivity index (χ2v) is 4.41. The van der Waals surface area contributed by atoms with Crippen LogP contribution in [0.3, 0.4) is 0 Å². The number of carbonyl (C=O) groups excluding carboxylic acids is 2. The minimum absolute atomic E-state index is 0.146. The number of rotatable bonds is 6. The van der Waals surface area contributed by atoms with Gasteiger partial charge in [-0.05, 0) is 12.0 Å². The number of carbonyl (C=O) groups is 2. The van der Waals surface area contributed by atoms with E-state index in [4.69, 9.17) is 4.74 Å². The van der Waals surface area contributed by atoms with Crippen molar-refractivity contribution in [2.75, 3.05) is 6.61 Å². The monoisotopic (exact) mass is 259 g/mol.